The van der Waals surface area contributed by atoms with Crippen molar-refractivity contribution in [3.05, 3.63) is 168 Å². The third kappa shape index (κ3) is 4.17. The maximum absolute atomic E-state index is 3.99. The number of hydrogen-bond acceptors (Lipinski definition) is 1. The second kappa shape index (κ2) is 11.1. The van der Waals surface area contributed by atoms with Gasteiger partial charge in [0.25, 0.3) is 0 Å². The van der Waals surface area contributed by atoms with Gasteiger partial charge in [0.1, 0.15) is 0 Å². The number of rotatable bonds is 4. The quantitative estimate of drug-likeness (QED) is 0.181. The Hall–Kier alpha value is -6.78. The first-order chi connectivity index (χ1) is 27.0. The molecule has 1 aliphatic heterocycles. The number of nitrogens with zero attached hydrogens (tertiary/aromatic N) is 2. The predicted octanol–water partition coefficient (Wildman–Crippen LogP) is 11.6. The average molecular weight is 702 g/mol. The summed E-state index contributed by atoms with van der Waals surface area (Å²) in [5.74, 6) is 0. The van der Waals surface area contributed by atoms with Crippen LogP contribution in [0.2, 0.25) is 0 Å². The van der Waals surface area contributed by atoms with E-state index in [1.165, 1.54) is 115 Å². The molecule has 0 saturated heterocycles. The van der Waals surface area contributed by atoms with Crippen molar-refractivity contribution in [1.29, 1.82) is 0 Å². The molecule has 0 spiro atoms. The van der Waals surface area contributed by atoms with Gasteiger partial charge < -0.3 is 14.3 Å². The van der Waals surface area contributed by atoms with Gasteiger partial charge in [0, 0.05) is 60.5 Å². The molecule has 0 amide bonds. The van der Waals surface area contributed by atoms with Crippen LogP contribution in [0, 0.1) is 20.8 Å². The van der Waals surface area contributed by atoms with Crippen LogP contribution in [-0.2, 0) is 0 Å². The van der Waals surface area contributed by atoms with E-state index in [1.54, 1.807) is 0 Å². The van der Waals surface area contributed by atoms with Gasteiger partial charge in [-0.2, -0.15) is 0 Å². The van der Waals surface area contributed by atoms with Crippen molar-refractivity contribution in [2.45, 2.75) is 20.8 Å². The van der Waals surface area contributed by atoms with E-state index in [1.807, 2.05) is 0 Å². The molecule has 1 N–H and O–H groups in total. The molecule has 0 aliphatic carbocycles. The van der Waals surface area contributed by atoms with E-state index in [-0.39, 0.29) is 0 Å². The second-order valence-electron chi connectivity index (χ2n) is 15.5. The number of anilines is 2. The van der Waals surface area contributed by atoms with Crippen LogP contribution in [0.25, 0.3) is 87.8 Å². The molecule has 258 valence electrons. The Morgan fingerprint density at radius 1 is 0.455 bits per heavy atom. The van der Waals surface area contributed by atoms with Crippen molar-refractivity contribution in [3.63, 3.8) is 0 Å². The van der Waals surface area contributed by atoms with Crippen LogP contribution in [0.3, 0.4) is 0 Å². The normalized spacial score (nSPS) is 12.4. The van der Waals surface area contributed by atoms with Crippen molar-refractivity contribution < 1.29 is 0 Å². The zero-order chi connectivity index (χ0) is 36.5. The van der Waals surface area contributed by atoms with Gasteiger partial charge in [-0.15, -0.1) is 0 Å². The van der Waals surface area contributed by atoms with E-state index < -0.39 is 0 Å². The number of aryl methyl sites for hydroxylation is 3. The number of benzene rings is 8. The fourth-order valence-corrected chi connectivity index (χ4v) is 10.0. The van der Waals surface area contributed by atoms with Crippen LogP contribution in [-0.4, -0.2) is 16.2 Å². The van der Waals surface area contributed by atoms with Crippen molar-refractivity contribution >= 4 is 89.5 Å². The number of fused-ring (bicyclic) bond motifs is 11. The third-order valence-electron chi connectivity index (χ3n) is 12.4. The molecule has 8 aromatic carbocycles. The molecule has 11 aromatic rings. The van der Waals surface area contributed by atoms with Gasteiger partial charge in [-0.3, -0.25) is 0 Å². The zero-order valence-electron chi connectivity index (χ0n) is 31.0. The molecule has 4 heterocycles. The number of para-hydroxylation sites is 5. The van der Waals surface area contributed by atoms with Crippen molar-refractivity contribution in [2.24, 2.45) is 0 Å². The SMILES string of the molecule is Cc1ccccc1Nc1cc2c3cccc4c5ccccc5n(c2cc1-c1cc(-c2c(C)cccc2C)cc2c1Bc1cccc5c6ccccc6n-2c15)c43. The van der Waals surface area contributed by atoms with Gasteiger partial charge in [0.15, 0.2) is 7.28 Å². The lowest BCUT2D eigenvalue weighted by Gasteiger charge is -2.26. The Bertz CT molecular complexity index is 3400. The van der Waals surface area contributed by atoms with E-state index in [0.29, 0.717) is 0 Å². The summed E-state index contributed by atoms with van der Waals surface area (Å²) in [5.41, 5.74) is 21.4. The van der Waals surface area contributed by atoms with E-state index in [4.69, 9.17) is 0 Å². The summed E-state index contributed by atoms with van der Waals surface area (Å²) in [6, 6.07) is 56.6. The summed E-state index contributed by atoms with van der Waals surface area (Å²) in [4.78, 5) is 0. The highest BCUT2D eigenvalue weighted by atomic mass is 15.0. The first kappa shape index (κ1) is 30.7. The lowest BCUT2D eigenvalue weighted by molar-refractivity contribution is 1.19. The molecule has 0 fully saturated rings. The molecule has 4 heteroatoms. The first-order valence-corrected chi connectivity index (χ1v) is 19.3. The van der Waals surface area contributed by atoms with E-state index in [0.717, 1.165) is 18.7 Å². The molecular weight excluding hydrogens is 665 g/mol. The molecule has 55 heavy (non-hydrogen) atoms. The van der Waals surface area contributed by atoms with Crippen molar-refractivity contribution in [2.75, 3.05) is 5.32 Å². The fourth-order valence-electron chi connectivity index (χ4n) is 10.0. The Morgan fingerprint density at radius 3 is 1.87 bits per heavy atom. The van der Waals surface area contributed by atoms with Crippen LogP contribution in [0.4, 0.5) is 11.4 Å². The van der Waals surface area contributed by atoms with Crippen molar-refractivity contribution in [1.82, 2.24) is 8.97 Å². The molecule has 0 atom stereocenters. The van der Waals surface area contributed by atoms with Crippen LogP contribution >= 0.6 is 0 Å². The Kier molecular flexibility index (Phi) is 6.20. The Morgan fingerprint density at radius 2 is 1.07 bits per heavy atom. The standard InChI is InChI=1S/C51H36BN3/c1-29-13-4-7-22-42(29)53-43-27-39-37-19-11-18-35-33-16-5-8-23-44(33)54(50(35)37)46(39)28-38(43)40-25-32(48-30(2)14-10-15-31(48)3)26-47-49(40)52-41-21-12-20-36-34-17-6-9-24-45(34)55(47)51(36)41/h4-28,52-53H,1-3H3. The number of aromatic nitrogens is 2. The molecule has 1 aliphatic rings. The van der Waals surface area contributed by atoms with Crippen molar-refractivity contribution in [3.8, 4) is 27.9 Å². The van der Waals surface area contributed by atoms with Crippen LogP contribution in [0.15, 0.2) is 152 Å². The maximum atomic E-state index is 3.99. The minimum atomic E-state index is 0.850. The van der Waals surface area contributed by atoms with E-state index in [9.17, 15) is 0 Å². The molecule has 0 radical (unpaired) electrons. The van der Waals surface area contributed by atoms with Gasteiger partial charge in [-0.25, -0.2) is 0 Å². The highest BCUT2D eigenvalue weighted by molar-refractivity contribution is 6.73. The third-order valence-corrected chi connectivity index (χ3v) is 12.4. The largest absolute Gasteiger partial charge is 0.355 e. The fraction of sp³-hybridized carbons (Fsp3) is 0.0588. The van der Waals surface area contributed by atoms with E-state index in [2.05, 4.69) is 187 Å². The lowest BCUT2D eigenvalue weighted by atomic mass is 9.58. The maximum Gasteiger partial charge on any atom is 0.198 e. The summed E-state index contributed by atoms with van der Waals surface area (Å²) >= 11 is 0. The Labute approximate surface area is 319 Å². The number of nitrogens with one attached hydrogen (secondary N) is 1. The highest BCUT2D eigenvalue weighted by Crippen LogP contribution is 2.45. The predicted molar refractivity (Wildman–Crippen MR) is 237 cm³/mol. The van der Waals surface area contributed by atoms with Gasteiger partial charge in [0.2, 0.25) is 0 Å². The summed E-state index contributed by atoms with van der Waals surface area (Å²) in [6.07, 6.45) is 0. The van der Waals surface area contributed by atoms with Gasteiger partial charge in [-0.05, 0) is 102 Å². The van der Waals surface area contributed by atoms with Gasteiger partial charge in [0.05, 0.1) is 22.1 Å². The van der Waals surface area contributed by atoms with Crippen LogP contribution in [0.5, 0.6) is 0 Å². The zero-order valence-corrected chi connectivity index (χ0v) is 31.0. The van der Waals surface area contributed by atoms with Crippen LogP contribution in [0.1, 0.15) is 16.7 Å². The summed E-state index contributed by atoms with van der Waals surface area (Å²) in [5, 5.41) is 11.7. The monoisotopic (exact) mass is 701 g/mol. The summed E-state index contributed by atoms with van der Waals surface area (Å²) in [7, 11) is 0.850. The minimum Gasteiger partial charge on any atom is -0.355 e. The second-order valence-corrected chi connectivity index (χ2v) is 15.5. The van der Waals surface area contributed by atoms with E-state index >= 15 is 0 Å². The molecular formula is C51H36BN3. The topological polar surface area (TPSA) is 21.4 Å². The summed E-state index contributed by atoms with van der Waals surface area (Å²) in [6.45, 7) is 6.69. The average Bonchev–Trinajstić information content (AvgIpc) is 3.85. The summed E-state index contributed by atoms with van der Waals surface area (Å²) < 4.78 is 5.07. The highest BCUT2D eigenvalue weighted by Gasteiger charge is 2.28. The lowest BCUT2D eigenvalue weighted by Crippen LogP contribution is -2.37. The van der Waals surface area contributed by atoms with Gasteiger partial charge >= 0.3 is 0 Å². The molecule has 0 bridgehead atoms. The molecule has 3 nitrogen and oxygen atoms in total. The smallest absolute Gasteiger partial charge is 0.198 e. The Balaban J connectivity index is 1.25. The number of hydrogen-bond donors (Lipinski definition) is 1. The van der Waals surface area contributed by atoms with Gasteiger partial charge in [-0.1, -0.05) is 115 Å². The molecule has 12 rings (SSSR count). The molecule has 0 saturated carbocycles. The first-order valence-electron chi connectivity index (χ1n) is 19.3. The molecule has 0 unspecified atom stereocenters. The van der Waals surface area contributed by atoms with Crippen LogP contribution < -0.4 is 16.2 Å². The minimum absolute atomic E-state index is 0.850. The molecule has 3 aromatic heterocycles.